The highest BCUT2D eigenvalue weighted by molar-refractivity contribution is 6.31. The lowest BCUT2D eigenvalue weighted by atomic mass is 9.70. The molecule has 1 saturated heterocycles. The van der Waals surface area contributed by atoms with Crippen molar-refractivity contribution in [1.82, 2.24) is 10.4 Å². The molecule has 0 saturated carbocycles. The molecule has 1 atom stereocenters. The number of fused-ring (bicyclic) bond motifs is 1. The van der Waals surface area contributed by atoms with Gasteiger partial charge in [0.2, 0.25) is 5.91 Å². The first-order valence-electron chi connectivity index (χ1n) is 9.11. The summed E-state index contributed by atoms with van der Waals surface area (Å²) >= 11 is 6.26. The lowest BCUT2D eigenvalue weighted by molar-refractivity contribution is -0.137. The van der Waals surface area contributed by atoms with Gasteiger partial charge in [0.25, 0.3) is 5.91 Å². The van der Waals surface area contributed by atoms with Gasteiger partial charge in [-0.15, -0.1) is 0 Å². The smallest absolute Gasteiger partial charge is 0.274 e. The van der Waals surface area contributed by atoms with Crippen molar-refractivity contribution >= 4 is 23.4 Å². The van der Waals surface area contributed by atoms with Gasteiger partial charge >= 0.3 is 0 Å². The summed E-state index contributed by atoms with van der Waals surface area (Å²) in [6.07, 6.45) is 3.07. The Morgan fingerprint density at radius 1 is 1.19 bits per heavy atom. The molecular weight excluding hydrogens is 364 g/mol. The van der Waals surface area contributed by atoms with Gasteiger partial charge in [-0.1, -0.05) is 35.9 Å². The maximum absolute atomic E-state index is 13.2. The predicted molar refractivity (Wildman–Crippen MR) is 102 cm³/mol. The van der Waals surface area contributed by atoms with E-state index in [1.165, 1.54) is 0 Å². The number of carbonyl (C=O) groups is 2. The van der Waals surface area contributed by atoms with Crippen molar-refractivity contribution in [1.29, 1.82) is 0 Å². The van der Waals surface area contributed by atoms with E-state index in [1.54, 1.807) is 11.5 Å². The number of rotatable bonds is 3. The minimum atomic E-state index is -0.513. The summed E-state index contributed by atoms with van der Waals surface area (Å²) in [7, 11) is 0. The molecule has 0 bridgehead atoms. The maximum atomic E-state index is 13.2. The molecule has 140 valence electrons. The number of amides is 2. The van der Waals surface area contributed by atoms with Crippen LogP contribution in [0.4, 0.5) is 0 Å². The number of benzene rings is 2. The summed E-state index contributed by atoms with van der Waals surface area (Å²) in [6.45, 7) is 1.28. The average molecular weight is 385 g/mol. The Labute approximate surface area is 162 Å². The van der Waals surface area contributed by atoms with Crippen molar-refractivity contribution < 1.29 is 14.8 Å². The molecule has 27 heavy (non-hydrogen) atoms. The van der Waals surface area contributed by atoms with E-state index in [2.05, 4.69) is 0 Å². The summed E-state index contributed by atoms with van der Waals surface area (Å²) in [5.41, 5.74) is 4.92. The van der Waals surface area contributed by atoms with Crippen LogP contribution in [0, 0.1) is 5.41 Å². The first-order valence-corrected chi connectivity index (χ1v) is 9.49. The molecule has 1 aliphatic heterocycles. The number of likely N-dealkylation sites (tertiary alicyclic amines) is 1. The lowest BCUT2D eigenvalue weighted by Gasteiger charge is -2.33. The highest BCUT2D eigenvalue weighted by Crippen LogP contribution is 2.44. The average Bonchev–Trinajstić information content (AvgIpc) is 2.98. The molecule has 2 aliphatic rings. The second-order valence-corrected chi connectivity index (χ2v) is 7.86. The minimum Gasteiger partial charge on any atom is -0.338 e. The van der Waals surface area contributed by atoms with E-state index < -0.39 is 5.91 Å². The number of hydrogen-bond acceptors (Lipinski definition) is 3. The number of hydrogen-bond donors (Lipinski definition) is 2. The number of carbonyl (C=O) groups excluding carboxylic acids is 2. The molecule has 5 nitrogen and oxygen atoms in total. The fraction of sp³-hybridized carbons (Fsp3) is 0.333. The van der Waals surface area contributed by atoms with Gasteiger partial charge in [-0.3, -0.25) is 14.8 Å². The third-order valence-corrected chi connectivity index (χ3v) is 6.26. The van der Waals surface area contributed by atoms with Crippen molar-refractivity contribution in [3.63, 3.8) is 0 Å². The fourth-order valence-electron chi connectivity index (χ4n) is 4.34. The summed E-state index contributed by atoms with van der Waals surface area (Å²) in [5.74, 6) is -0.314. The van der Waals surface area contributed by atoms with Gasteiger partial charge in [-0.25, -0.2) is 5.48 Å². The lowest BCUT2D eigenvalue weighted by Crippen LogP contribution is -2.38. The van der Waals surface area contributed by atoms with Crippen LogP contribution in [0.5, 0.6) is 0 Å². The molecule has 2 aromatic rings. The second kappa shape index (κ2) is 6.98. The first-order chi connectivity index (χ1) is 13.0. The molecule has 1 spiro atoms. The topological polar surface area (TPSA) is 69.6 Å². The van der Waals surface area contributed by atoms with E-state index in [9.17, 15) is 9.59 Å². The number of nitrogens with zero attached hydrogens (tertiary/aromatic N) is 1. The number of halogens is 1. The zero-order chi connectivity index (χ0) is 19.0. The Kier molecular flexibility index (Phi) is 4.66. The summed E-state index contributed by atoms with van der Waals surface area (Å²) in [5, 5.41) is 9.49. The van der Waals surface area contributed by atoms with E-state index >= 15 is 0 Å². The van der Waals surface area contributed by atoms with E-state index in [1.807, 2.05) is 41.3 Å². The van der Waals surface area contributed by atoms with Gasteiger partial charge < -0.3 is 4.90 Å². The van der Waals surface area contributed by atoms with Crippen molar-refractivity contribution in [2.24, 2.45) is 5.41 Å². The summed E-state index contributed by atoms with van der Waals surface area (Å²) < 4.78 is 0. The second-order valence-electron chi connectivity index (χ2n) is 7.45. The number of nitrogens with one attached hydrogen (secondary N) is 1. The molecule has 2 amide bonds. The van der Waals surface area contributed by atoms with Crippen LogP contribution in [0.25, 0.3) is 0 Å². The molecule has 2 N–H and O–H groups in total. The zero-order valence-electron chi connectivity index (χ0n) is 14.9. The van der Waals surface area contributed by atoms with Gasteiger partial charge in [-0.2, -0.15) is 0 Å². The van der Waals surface area contributed by atoms with Gasteiger partial charge in [0, 0.05) is 23.7 Å². The molecule has 0 unspecified atom stereocenters. The molecule has 1 aliphatic carbocycles. The minimum absolute atomic E-state index is 0.199. The van der Waals surface area contributed by atoms with Gasteiger partial charge in [-0.05, 0) is 60.6 Å². The molecule has 1 fully saturated rings. The molecule has 2 aromatic carbocycles. The van der Waals surface area contributed by atoms with Crippen LogP contribution in [0.3, 0.4) is 0 Å². The van der Waals surface area contributed by atoms with E-state index in [4.69, 9.17) is 16.8 Å². The Hall–Kier alpha value is -2.37. The summed E-state index contributed by atoms with van der Waals surface area (Å²) in [4.78, 5) is 26.7. The van der Waals surface area contributed by atoms with Gasteiger partial charge in [0.1, 0.15) is 0 Å². The molecule has 0 aromatic heterocycles. The number of aryl methyl sites for hydroxylation is 1. The Morgan fingerprint density at radius 3 is 2.78 bits per heavy atom. The van der Waals surface area contributed by atoms with Crippen LogP contribution < -0.4 is 5.48 Å². The predicted octanol–water partition coefficient (Wildman–Crippen LogP) is 3.37. The van der Waals surface area contributed by atoms with E-state index in [0.717, 1.165) is 42.5 Å². The SMILES string of the molecule is O=C(NO)c1ccc2c(c1)CC[C@]1(CCN(Cc3ccccc3Cl)C1=O)C2. The highest BCUT2D eigenvalue weighted by atomic mass is 35.5. The zero-order valence-corrected chi connectivity index (χ0v) is 15.6. The van der Waals surface area contributed by atoms with Crippen LogP contribution in [0.1, 0.15) is 39.9 Å². The molecular formula is C21H21ClN2O3. The van der Waals surface area contributed by atoms with Gasteiger partial charge in [0.15, 0.2) is 0 Å². The van der Waals surface area contributed by atoms with Crippen LogP contribution in [-0.2, 0) is 24.2 Å². The maximum Gasteiger partial charge on any atom is 0.274 e. The Morgan fingerprint density at radius 2 is 2.00 bits per heavy atom. The fourth-order valence-corrected chi connectivity index (χ4v) is 4.53. The third kappa shape index (κ3) is 3.22. The molecule has 0 radical (unpaired) electrons. The van der Waals surface area contributed by atoms with Crippen LogP contribution >= 0.6 is 11.6 Å². The van der Waals surface area contributed by atoms with Crippen molar-refractivity contribution in [3.8, 4) is 0 Å². The normalized spacial score (nSPS) is 21.4. The molecule has 4 rings (SSSR count). The standard InChI is InChI=1S/C21H21ClN2O3/c22-18-4-2-1-3-17(18)13-24-10-9-21(20(24)26)8-7-14-11-15(19(25)23-27)5-6-16(14)12-21/h1-6,11,27H,7-10,12-13H2,(H,23,25)/t21-/m0/s1. The number of hydroxylamine groups is 1. The monoisotopic (exact) mass is 384 g/mol. The van der Waals surface area contributed by atoms with E-state index in [-0.39, 0.29) is 11.3 Å². The van der Waals surface area contributed by atoms with Crippen molar-refractivity contribution in [3.05, 3.63) is 69.7 Å². The summed E-state index contributed by atoms with van der Waals surface area (Å²) in [6, 6.07) is 13.1. The van der Waals surface area contributed by atoms with Crippen LogP contribution in [-0.4, -0.2) is 28.5 Å². The molecule has 6 heteroatoms. The van der Waals surface area contributed by atoms with Crippen molar-refractivity contribution in [2.45, 2.75) is 32.2 Å². The highest BCUT2D eigenvalue weighted by Gasteiger charge is 2.48. The Balaban J connectivity index is 1.53. The quantitative estimate of drug-likeness (QED) is 0.629. The van der Waals surface area contributed by atoms with Crippen LogP contribution in [0.15, 0.2) is 42.5 Å². The van der Waals surface area contributed by atoms with E-state index in [0.29, 0.717) is 23.6 Å². The molecule has 1 heterocycles. The first kappa shape index (κ1) is 18.0. The Bertz CT molecular complexity index is 914. The van der Waals surface area contributed by atoms with Gasteiger partial charge in [0.05, 0.1) is 5.41 Å². The largest absolute Gasteiger partial charge is 0.338 e. The third-order valence-electron chi connectivity index (χ3n) is 5.89. The van der Waals surface area contributed by atoms with Crippen molar-refractivity contribution in [2.75, 3.05) is 6.54 Å². The van der Waals surface area contributed by atoms with Crippen LogP contribution in [0.2, 0.25) is 5.02 Å².